The summed E-state index contributed by atoms with van der Waals surface area (Å²) in [4.78, 5) is 14.9. The number of halogens is 1. The summed E-state index contributed by atoms with van der Waals surface area (Å²) < 4.78 is 0. The molecule has 1 amide bonds. The van der Waals surface area contributed by atoms with E-state index in [9.17, 15) is 4.79 Å². The molecule has 0 radical (unpaired) electrons. The van der Waals surface area contributed by atoms with Crippen LogP contribution in [-0.4, -0.2) is 5.91 Å². The van der Waals surface area contributed by atoms with Crippen molar-refractivity contribution in [3.05, 3.63) is 0 Å². The summed E-state index contributed by atoms with van der Waals surface area (Å²) in [7, 11) is 0. The van der Waals surface area contributed by atoms with E-state index in [1.54, 1.807) is 0 Å². The summed E-state index contributed by atoms with van der Waals surface area (Å²) in [6, 6.07) is 0. The number of unbranched alkanes of at least 4 members (excludes halogenated alkanes) is 54. The van der Waals surface area contributed by atoms with E-state index in [0.717, 1.165) is 12.8 Å². The number of carbonyl (C=O) groups excluding carboxylic acids is 1. The molecule has 65 heavy (non-hydrogen) atoms. The van der Waals surface area contributed by atoms with Crippen molar-refractivity contribution in [3.63, 3.8) is 0 Å². The fraction of sp³-hybridized carbons (Fsp3) is 0.984. The lowest BCUT2D eigenvalue weighted by Crippen LogP contribution is -2.23. The molecule has 0 atom stereocenters. The normalized spacial score (nSPS) is 11.7. The molecule has 0 aliphatic carbocycles. The molecule has 0 rings (SSSR count). The van der Waals surface area contributed by atoms with E-state index in [1.165, 1.54) is 360 Å². The molecular weight excluding hydrogens is 810 g/mol. The van der Waals surface area contributed by atoms with Gasteiger partial charge in [0.05, 0.1) is 0 Å². The summed E-state index contributed by atoms with van der Waals surface area (Å²) in [6.07, 6.45) is 82.2. The highest BCUT2D eigenvalue weighted by molar-refractivity contribution is 6.21. The summed E-state index contributed by atoms with van der Waals surface area (Å²) in [5.41, 5.74) is 0. The molecule has 0 fully saturated rings. The van der Waals surface area contributed by atoms with Crippen LogP contribution in [0.1, 0.15) is 386 Å². The first-order valence-corrected chi connectivity index (χ1v) is 31.5. The van der Waals surface area contributed by atoms with Gasteiger partial charge < -0.3 is 0 Å². The quantitative estimate of drug-likeness (QED) is 0.0478. The van der Waals surface area contributed by atoms with Crippen molar-refractivity contribution in [1.29, 1.82) is 0 Å². The molecule has 1 N–H and O–H groups in total. The molecule has 390 valence electrons. The van der Waals surface area contributed by atoms with E-state index in [1.807, 2.05) is 0 Å². The smallest absolute Gasteiger partial charge is 0.237 e. The second-order valence-corrected chi connectivity index (χ2v) is 22.0. The minimum absolute atomic E-state index is 0.0571. The molecule has 3 heteroatoms. The Morgan fingerprint density at radius 3 is 0.492 bits per heavy atom. The van der Waals surface area contributed by atoms with E-state index in [0.29, 0.717) is 0 Å². The fourth-order valence-electron chi connectivity index (χ4n) is 10.6. The Bertz CT molecular complexity index is 786. The summed E-state index contributed by atoms with van der Waals surface area (Å²) in [5.74, 6) is 0.169. The van der Waals surface area contributed by atoms with Gasteiger partial charge >= 0.3 is 0 Å². The van der Waals surface area contributed by atoms with Gasteiger partial charge in [0.1, 0.15) is 0 Å². The highest BCUT2D eigenvalue weighted by Crippen LogP contribution is 2.22. The molecule has 0 aromatic carbocycles. The van der Waals surface area contributed by atoms with Crippen LogP contribution in [0.25, 0.3) is 0 Å². The standard InChI is InChI=1S/C62H124ClNO/c1-3-5-7-9-11-13-15-17-19-21-23-25-27-29-31-33-35-37-39-41-43-45-47-49-51-53-55-57-59-61(62(65)64-63)60-58-56-54-52-50-48-46-44-42-40-38-36-34-32-30-28-26-24-22-20-18-16-14-12-10-8-6-4-2/h61H,3-60H2,1-2H3,(H,64,65). The Balaban J connectivity index is 3.36. The Kier molecular flexibility index (Phi) is 59.7. The number of carbonyl (C=O) groups is 1. The largest absolute Gasteiger partial charge is 0.273 e. The molecule has 0 aromatic rings. The topological polar surface area (TPSA) is 29.1 Å². The van der Waals surface area contributed by atoms with Crippen LogP contribution in [0.2, 0.25) is 0 Å². The molecule has 0 saturated heterocycles. The van der Waals surface area contributed by atoms with Crippen LogP contribution in [-0.2, 0) is 4.79 Å². The number of rotatable bonds is 59. The van der Waals surface area contributed by atoms with Crippen molar-refractivity contribution >= 4 is 17.7 Å². The van der Waals surface area contributed by atoms with Gasteiger partial charge in [-0.15, -0.1) is 0 Å². The Morgan fingerprint density at radius 1 is 0.246 bits per heavy atom. The van der Waals surface area contributed by atoms with Gasteiger partial charge in [0.15, 0.2) is 0 Å². The van der Waals surface area contributed by atoms with Crippen LogP contribution in [0.5, 0.6) is 0 Å². The van der Waals surface area contributed by atoms with Crippen molar-refractivity contribution in [3.8, 4) is 0 Å². The Hall–Kier alpha value is -0.240. The number of nitrogens with one attached hydrogen (secondary N) is 1. The number of hydrogen-bond acceptors (Lipinski definition) is 1. The van der Waals surface area contributed by atoms with Gasteiger partial charge in [-0.3, -0.25) is 9.63 Å². The highest BCUT2D eigenvalue weighted by Gasteiger charge is 2.17. The maximum atomic E-state index is 12.4. The van der Waals surface area contributed by atoms with Crippen LogP contribution >= 0.6 is 11.8 Å². The van der Waals surface area contributed by atoms with Gasteiger partial charge in [0.2, 0.25) is 5.91 Å². The van der Waals surface area contributed by atoms with Crippen LogP contribution in [0.4, 0.5) is 0 Å². The molecule has 0 aliphatic rings. The van der Waals surface area contributed by atoms with E-state index in [2.05, 4.69) is 18.7 Å². The predicted molar refractivity (Wildman–Crippen MR) is 297 cm³/mol. The highest BCUT2D eigenvalue weighted by atomic mass is 35.5. The third-order valence-corrected chi connectivity index (χ3v) is 15.5. The first-order valence-electron chi connectivity index (χ1n) is 31.2. The van der Waals surface area contributed by atoms with Crippen molar-refractivity contribution < 1.29 is 4.79 Å². The molecule has 2 nitrogen and oxygen atoms in total. The maximum absolute atomic E-state index is 12.4. The predicted octanol–water partition coefficient (Wildman–Crippen LogP) is 23.5. The molecular formula is C62H124ClNO. The zero-order valence-electron chi connectivity index (χ0n) is 45.4. The van der Waals surface area contributed by atoms with Gasteiger partial charge in [-0.1, -0.05) is 373 Å². The number of amides is 1. The molecule has 0 bridgehead atoms. The maximum Gasteiger partial charge on any atom is 0.237 e. The van der Waals surface area contributed by atoms with Gasteiger partial charge in [-0.25, -0.2) is 0 Å². The van der Waals surface area contributed by atoms with Gasteiger partial charge in [0, 0.05) is 17.7 Å². The summed E-state index contributed by atoms with van der Waals surface area (Å²) >= 11 is 5.78. The van der Waals surface area contributed by atoms with Gasteiger partial charge in [-0.2, -0.15) is 0 Å². The first-order chi connectivity index (χ1) is 32.3. The van der Waals surface area contributed by atoms with Crippen LogP contribution in [0.15, 0.2) is 0 Å². The van der Waals surface area contributed by atoms with Crippen molar-refractivity contribution in [2.75, 3.05) is 0 Å². The van der Waals surface area contributed by atoms with E-state index < -0.39 is 0 Å². The van der Waals surface area contributed by atoms with E-state index >= 15 is 0 Å². The monoisotopic (exact) mass is 934 g/mol. The van der Waals surface area contributed by atoms with Gasteiger partial charge in [0.25, 0.3) is 0 Å². The van der Waals surface area contributed by atoms with Crippen molar-refractivity contribution in [2.24, 2.45) is 5.92 Å². The first kappa shape index (κ1) is 64.8. The summed E-state index contributed by atoms with van der Waals surface area (Å²) in [6.45, 7) is 4.62. The Labute approximate surface area is 417 Å². The average Bonchev–Trinajstić information content (AvgIpc) is 3.32. The zero-order valence-corrected chi connectivity index (χ0v) is 46.1. The average molecular weight is 935 g/mol. The third kappa shape index (κ3) is 56.2. The summed E-state index contributed by atoms with van der Waals surface area (Å²) in [5, 5.41) is 0. The van der Waals surface area contributed by atoms with Crippen LogP contribution < -0.4 is 4.84 Å². The number of hydrogen-bond donors (Lipinski definition) is 1. The van der Waals surface area contributed by atoms with Gasteiger partial charge in [-0.05, 0) is 12.8 Å². The lowest BCUT2D eigenvalue weighted by molar-refractivity contribution is -0.123. The second-order valence-electron chi connectivity index (χ2n) is 21.8. The minimum Gasteiger partial charge on any atom is -0.273 e. The Morgan fingerprint density at radius 2 is 0.369 bits per heavy atom. The van der Waals surface area contributed by atoms with Crippen LogP contribution in [0, 0.1) is 5.92 Å². The van der Waals surface area contributed by atoms with E-state index in [-0.39, 0.29) is 11.8 Å². The third-order valence-electron chi connectivity index (χ3n) is 15.3. The van der Waals surface area contributed by atoms with Crippen LogP contribution in [0.3, 0.4) is 0 Å². The van der Waals surface area contributed by atoms with E-state index in [4.69, 9.17) is 11.8 Å². The van der Waals surface area contributed by atoms with Crippen molar-refractivity contribution in [2.45, 2.75) is 386 Å². The molecule has 0 aliphatic heterocycles. The fourth-order valence-corrected chi connectivity index (χ4v) is 10.8. The SMILES string of the molecule is CCCCCCCCCCCCCCCCCCCCCCCCCCCCCCC(CCCCCCCCCCCCCCCCCCCCCCCCCCCCCC)C(=O)NCl. The second kappa shape index (κ2) is 59.9. The molecule has 0 spiro atoms. The van der Waals surface area contributed by atoms with Crippen molar-refractivity contribution in [1.82, 2.24) is 4.84 Å². The molecule has 0 saturated carbocycles. The molecule has 0 aromatic heterocycles. The minimum atomic E-state index is 0.0571. The molecule has 0 unspecified atom stereocenters. The lowest BCUT2D eigenvalue weighted by Gasteiger charge is -2.14. The zero-order chi connectivity index (χ0) is 46.9. The lowest BCUT2D eigenvalue weighted by atomic mass is 9.93. The molecule has 0 heterocycles.